The predicted octanol–water partition coefficient (Wildman–Crippen LogP) is 4.58. The van der Waals surface area contributed by atoms with E-state index < -0.39 is 0 Å². The van der Waals surface area contributed by atoms with Gasteiger partial charge in [-0.3, -0.25) is 4.79 Å². The quantitative estimate of drug-likeness (QED) is 0.432. The lowest BCUT2D eigenvalue weighted by Gasteiger charge is -2.28. The molecule has 0 heterocycles. The Morgan fingerprint density at radius 3 is 2.25 bits per heavy atom. The van der Waals surface area contributed by atoms with Crippen LogP contribution in [-0.2, 0) is 9.53 Å². The number of hydrogen-bond acceptors (Lipinski definition) is 2. The molecular formula is C18H30O2. The molecule has 3 atom stereocenters. The molecular weight excluding hydrogens is 248 g/mol. The van der Waals surface area contributed by atoms with Crippen LogP contribution in [0.1, 0.15) is 40.5 Å². The van der Waals surface area contributed by atoms with Gasteiger partial charge in [0.15, 0.2) is 5.78 Å². The first-order chi connectivity index (χ1) is 9.38. The fraction of sp³-hybridized carbons (Fsp3) is 0.611. The summed E-state index contributed by atoms with van der Waals surface area (Å²) in [5.41, 5.74) is 1.07. The number of allylic oxidation sites excluding steroid dienone is 2. The molecule has 0 spiro atoms. The van der Waals surface area contributed by atoms with Crippen molar-refractivity contribution in [2.24, 2.45) is 17.8 Å². The smallest absolute Gasteiger partial charge is 0.164 e. The second-order valence-electron chi connectivity index (χ2n) is 5.80. The molecule has 0 aromatic carbocycles. The number of rotatable bonds is 10. The minimum absolute atomic E-state index is 0.0175. The standard InChI is InChI=1S/C18H30O2/c1-8-14(5)18(20-7)17(16(19)9-2)15(6)12-10-11-13(3)4/h8-9,12-14,17-18H,1-2,10-11H2,3-7H3/b15-12+/t14-,17-,18-/m1/s1. The van der Waals surface area contributed by atoms with Crippen molar-refractivity contribution in [2.45, 2.75) is 46.6 Å². The summed E-state index contributed by atoms with van der Waals surface area (Å²) in [6, 6.07) is 0. The summed E-state index contributed by atoms with van der Waals surface area (Å²) >= 11 is 0. The van der Waals surface area contributed by atoms with E-state index in [1.54, 1.807) is 7.11 Å². The Kier molecular flexibility index (Phi) is 9.15. The number of ketones is 1. The molecule has 0 aliphatic rings. The van der Waals surface area contributed by atoms with E-state index in [1.165, 1.54) is 6.08 Å². The topological polar surface area (TPSA) is 26.3 Å². The highest BCUT2D eigenvalue weighted by Crippen LogP contribution is 2.26. The van der Waals surface area contributed by atoms with Crippen LogP contribution < -0.4 is 0 Å². The maximum absolute atomic E-state index is 12.2. The van der Waals surface area contributed by atoms with E-state index in [4.69, 9.17) is 4.74 Å². The Balaban J connectivity index is 5.17. The van der Waals surface area contributed by atoms with Gasteiger partial charge in [0.1, 0.15) is 0 Å². The van der Waals surface area contributed by atoms with Crippen LogP contribution >= 0.6 is 0 Å². The lowest BCUT2D eigenvalue weighted by Crippen LogP contribution is -2.34. The SMILES string of the molecule is C=CC(=O)[C@@H](/C(C)=C/CCC(C)C)[C@H](OC)[C@H](C)C=C. The monoisotopic (exact) mass is 278 g/mol. The van der Waals surface area contributed by atoms with E-state index in [0.29, 0.717) is 5.92 Å². The van der Waals surface area contributed by atoms with Crippen LogP contribution in [0.5, 0.6) is 0 Å². The van der Waals surface area contributed by atoms with Crippen LogP contribution in [0.15, 0.2) is 37.0 Å². The first kappa shape index (κ1) is 18.9. The molecule has 0 fully saturated rings. The van der Waals surface area contributed by atoms with Gasteiger partial charge in [0, 0.05) is 13.0 Å². The lowest BCUT2D eigenvalue weighted by molar-refractivity contribution is -0.121. The molecule has 0 saturated carbocycles. The van der Waals surface area contributed by atoms with Gasteiger partial charge in [-0.25, -0.2) is 0 Å². The molecule has 114 valence electrons. The summed E-state index contributed by atoms with van der Waals surface area (Å²) in [6.07, 6.45) is 7.32. The highest BCUT2D eigenvalue weighted by Gasteiger charge is 2.30. The summed E-state index contributed by atoms with van der Waals surface area (Å²) < 4.78 is 5.56. The van der Waals surface area contributed by atoms with Gasteiger partial charge in [0.25, 0.3) is 0 Å². The Labute approximate surface area is 124 Å². The van der Waals surface area contributed by atoms with Crippen molar-refractivity contribution >= 4 is 5.78 Å². The zero-order valence-corrected chi connectivity index (χ0v) is 13.7. The largest absolute Gasteiger partial charge is 0.380 e. The van der Waals surface area contributed by atoms with E-state index in [1.807, 2.05) is 19.9 Å². The molecule has 0 aromatic heterocycles. The Morgan fingerprint density at radius 1 is 1.25 bits per heavy atom. The highest BCUT2D eigenvalue weighted by atomic mass is 16.5. The second kappa shape index (κ2) is 9.71. The number of methoxy groups -OCH3 is 1. The molecule has 0 aromatic rings. The Morgan fingerprint density at radius 2 is 1.85 bits per heavy atom. The minimum atomic E-state index is -0.266. The molecule has 0 amide bonds. The number of carbonyl (C=O) groups is 1. The molecule has 0 unspecified atom stereocenters. The van der Waals surface area contributed by atoms with E-state index >= 15 is 0 Å². The van der Waals surface area contributed by atoms with Gasteiger partial charge in [-0.1, -0.05) is 45.1 Å². The van der Waals surface area contributed by atoms with Gasteiger partial charge < -0.3 is 4.74 Å². The van der Waals surface area contributed by atoms with Crippen molar-refractivity contribution in [1.29, 1.82) is 0 Å². The van der Waals surface area contributed by atoms with E-state index in [9.17, 15) is 4.79 Å². The molecule has 20 heavy (non-hydrogen) atoms. The predicted molar refractivity (Wildman–Crippen MR) is 86.7 cm³/mol. The molecule has 0 rings (SSSR count). The average molecular weight is 278 g/mol. The third-order valence-electron chi connectivity index (χ3n) is 3.70. The Hall–Kier alpha value is -1.15. The maximum atomic E-state index is 12.2. The van der Waals surface area contributed by atoms with Crippen molar-refractivity contribution in [3.63, 3.8) is 0 Å². The summed E-state index contributed by atoms with van der Waals surface area (Å²) in [7, 11) is 1.65. The highest BCUT2D eigenvalue weighted by molar-refractivity contribution is 5.93. The second-order valence-corrected chi connectivity index (χ2v) is 5.80. The van der Waals surface area contributed by atoms with Gasteiger partial charge in [-0.2, -0.15) is 0 Å². The van der Waals surface area contributed by atoms with Gasteiger partial charge in [-0.05, 0) is 31.8 Å². The maximum Gasteiger partial charge on any atom is 0.164 e. The van der Waals surface area contributed by atoms with Gasteiger partial charge in [-0.15, -0.1) is 6.58 Å². The van der Waals surface area contributed by atoms with Crippen LogP contribution in [0.3, 0.4) is 0 Å². The summed E-state index contributed by atoms with van der Waals surface area (Å²) in [5, 5.41) is 0. The molecule has 0 bridgehead atoms. The van der Waals surface area contributed by atoms with Crippen molar-refractivity contribution < 1.29 is 9.53 Å². The molecule has 0 aliphatic carbocycles. The van der Waals surface area contributed by atoms with Crippen molar-refractivity contribution in [3.05, 3.63) is 37.0 Å². The molecule has 2 nitrogen and oxygen atoms in total. The van der Waals surface area contributed by atoms with Crippen LogP contribution in [0.2, 0.25) is 0 Å². The van der Waals surface area contributed by atoms with E-state index in [2.05, 4.69) is 33.1 Å². The Bertz CT molecular complexity index is 352. The first-order valence-electron chi connectivity index (χ1n) is 7.37. The van der Waals surface area contributed by atoms with Gasteiger partial charge >= 0.3 is 0 Å². The number of ether oxygens (including phenoxy) is 1. The minimum Gasteiger partial charge on any atom is -0.380 e. The van der Waals surface area contributed by atoms with Crippen molar-refractivity contribution in [2.75, 3.05) is 7.11 Å². The van der Waals surface area contributed by atoms with Crippen molar-refractivity contribution in [1.82, 2.24) is 0 Å². The molecule has 0 radical (unpaired) electrons. The fourth-order valence-corrected chi connectivity index (χ4v) is 2.33. The number of hydrogen-bond donors (Lipinski definition) is 0. The third-order valence-corrected chi connectivity index (χ3v) is 3.70. The summed E-state index contributed by atoms with van der Waals surface area (Å²) in [4.78, 5) is 12.2. The zero-order valence-electron chi connectivity index (χ0n) is 13.7. The molecule has 2 heteroatoms. The normalized spacial score (nSPS) is 16.6. The van der Waals surface area contributed by atoms with E-state index in [0.717, 1.165) is 18.4 Å². The average Bonchev–Trinajstić information content (AvgIpc) is 2.42. The summed E-state index contributed by atoms with van der Waals surface area (Å²) in [5.74, 6) is 0.529. The number of carbonyl (C=O) groups excluding carboxylic acids is 1. The third kappa shape index (κ3) is 5.87. The molecule has 0 aliphatic heterocycles. The first-order valence-corrected chi connectivity index (χ1v) is 7.37. The van der Waals surface area contributed by atoms with Crippen LogP contribution in [-0.4, -0.2) is 19.0 Å². The van der Waals surface area contributed by atoms with E-state index in [-0.39, 0.29) is 23.7 Å². The van der Waals surface area contributed by atoms with Crippen LogP contribution in [0.4, 0.5) is 0 Å². The van der Waals surface area contributed by atoms with Crippen LogP contribution in [0.25, 0.3) is 0 Å². The summed E-state index contributed by atoms with van der Waals surface area (Å²) in [6.45, 7) is 15.9. The molecule has 0 N–H and O–H groups in total. The van der Waals surface area contributed by atoms with Gasteiger partial charge in [0.05, 0.1) is 12.0 Å². The van der Waals surface area contributed by atoms with Crippen molar-refractivity contribution in [3.8, 4) is 0 Å². The molecule has 0 saturated heterocycles. The lowest BCUT2D eigenvalue weighted by atomic mass is 9.83. The fourth-order valence-electron chi connectivity index (χ4n) is 2.33. The zero-order chi connectivity index (χ0) is 15.7. The van der Waals surface area contributed by atoms with Gasteiger partial charge in [0.2, 0.25) is 0 Å². The van der Waals surface area contributed by atoms with Crippen LogP contribution in [0, 0.1) is 17.8 Å².